The van der Waals surface area contributed by atoms with Crippen LogP contribution < -0.4 is 5.01 Å². The van der Waals surface area contributed by atoms with Gasteiger partial charge in [-0.3, -0.25) is 0 Å². The van der Waals surface area contributed by atoms with Gasteiger partial charge >= 0.3 is 5.95 Å². The highest BCUT2D eigenvalue weighted by Gasteiger charge is 2.22. The van der Waals surface area contributed by atoms with E-state index >= 15 is 0 Å². The van der Waals surface area contributed by atoms with E-state index in [2.05, 4.69) is 20.3 Å². The molecular weight excluding hydrogens is 142 g/mol. The molecule has 0 saturated carbocycles. The van der Waals surface area contributed by atoms with Crippen LogP contribution in [0.15, 0.2) is 17.4 Å². The van der Waals surface area contributed by atoms with Gasteiger partial charge in [0.15, 0.2) is 12.0 Å². The van der Waals surface area contributed by atoms with Crippen molar-refractivity contribution in [3.8, 4) is 0 Å². The van der Waals surface area contributed by atoms with Crippen molar-refractivity contribution in [2.45, 2.75) is 6.92 Å². The molecule has 1 N–H and O–H groups in total. The fourth-order valence-electron chi connectivity index (χ4n) is 0.831. The second-order valence-corrected chi connectivity index (χ2v) is 2.16. The third-order valence-electron chi connectivity index (χ3n) is 1.31. The zero-order valence-corrected chi connectivity index (χ0v) is 6.02. The van der Waals surface area contributed by atoms with Crippen molar-refractivity contribution in [2.75, 3.05) is 0 Å². The van der Waals surface area contributed by atoms with E-state index < -0.39 is 0 Å². The number of allylic oxidation sites excluding steroid dienone is 1. The molecule has 11 heavy (non-hydrogen) atoms. The van der Waals surface area contributed by atoms with Crippen LogP contribution in [-0.4, -0.2) is 21.4 Å². The number of nitrogens with zero attached hydrogens (tertiary/aromatic N) is 4. The SMILES string of the molecule is Cc1n[nH]c([N+]2C=CC=N2)n1. The van der Waals surface area contributed by atoms with Gasteiger partial charge in [0, 0.05) is 6.08 Å². The summed E-state index contributed by atoms with van der Waals surface area (Å²) in [6.45, 7) is 1.82. The molecule has 0 fully saturated rings. The Hall–Kier alpha value is -1.49. The summed E-state index contributed by atoms with van der Waals surface area (Å²) in [7, 11) is 0. The van der Waals surface area contributed by atoms with Crippen LogP contribution in [0.4, 0.5) is 5.95 Å². The molecule has 0 bridgehead atoms. The zero-order valence-electron chi connectivity index (χ0n) is 6.02. The first kappa shape index (κ1) is 6.23. The minimum atomic E-state index is 0.646. The lowest BCUT2D eigenvalue weighted by Gasteiger charge is -1.84. The summed E-state index contributed by atoms with van der Waals surface area (Å²) in [4.78, 5) is 4.09. The van der Waals surface area contributed by atoms with Gasteiger partial charge in [-0.1, -0.05) is 0 Å². The summed E-state index contributed by atoms with van der Waals surface area (Å²) in [6.07, 6.45) is 5.33. The number of H-pyrrole nitrogens is 1. The van der Waals surface area contributed by atoms with Crippen molar-refractivity contribution < 1.29 is 0 Å². The van der Waals surface area contributed by atoms with Crippen LogP contribution in [0, 0.1) is 6.92 Å². The Morgan fingerprint density at radius 3 is 3.00 bits per heavy atom. The number of aromatic amines is 1. The predicted octanol–water partition coefficient (Wildman–Crippen LogP) is 0.398. The van der Waals surface area contributed by atoms with E-state index in [0.717, 1.165) is 5.82 Å². The number of hydrogen-bond donors (Lipinski definition) is 1. The number of aryl methyl sites for hydroxylation is 1. The van der Waals surface area contributed by atoms with Gasteiger partial charge in [0.2, 0.25) is 0 Å². The summed E-state index contributed by atoms with van der Waals surface area (Å²) < 4.78 is 0. The van der Waals surface area contributed by atoms with Crippen LogP contribution in [0.3, 0.4) is 0 Å². The van der Waals surface area contributed by atoms with Crippen LogP contribution in [-0.2, 0) is 0 Å². The highest BCUT2D eigenvalue weighted by atomic mass is 15.5. The summed E-state index contributed by atoms with van der Waals surface area (Å²) in [5, 5.41) is 12.2. The monoisotopic (exact) mass is 149 g/mol. The molecule has 0 atom stereocenters. The number of nitrogens with one attached hydrogen (secondary N) is 1. The molecule has 2 rings (SSSR count). The molecule has 5 heteroatoms. The van der Waals surface area contributed by atoms with Gasteiger partial charge in [0.05, 0.1) is 11.2 Å². The van der Waals surface area contributed by atoms with Gasteiger partial charge < -0.3 is 0 Å². The lowest BCUT2D eigenvalue weighted by atomic mass is 10.7. The Balaban J connectivity index is 2.29. The molecular formula is C6H7N5+. The average Bonchev–Trinajstić information content (AvgIpc) is 2.55. The normalized spacial score (nSPS) is 16.5. The number of hydrazone groups is 1. The Labute approximate surface area is 63.4 Å². The molecule has 0 aliphatic carbocycles. The van der Waals surface area contributed by atoms with Gasteiger partial charge in [-0.15, -0.1) is 0 Å². The maximum Gasteiger partial charge on any atom is 0.410 e. The highest BCUT2D eigenvalue weighted by molar-refractivity contribution is 5.73. The zero-order chi connectivity index (χ0) is 7.68. The van der Waals surface area contributed by atoms with Crippen molar-refractivity contribution >= 4 is 12.2 Å². The first-order valence-corrected chi connectivity index (χ1v) is 3.25. The molecule has 2 heterocycles. The molecule has 0 aromatic carbocycles. The number of anilines is 1. The lowest BCUT2D eigenvalue weighted by Crippen LogP contribution is -2.06. The minimum Gasteiger partial charge on any atom is -0.206 e. The summed E-state index contributed by atoms with van der Waals surface area (Å²) in [5.41, 5.74) is 0. The van der Waals surface area contributed by atoms with E-state index in [0.29, 0.717) is 5.95 Å². The molecule has 0 amide bonds. The van der Waals surface area contributed by atoms with Crippen LogP contribution in [0.1, 0.15) is 5.82 Å². The van der Waals surface area contributed by atoms with Gasteiger partial charge in [-0.25, -0.2) is 5.10 Å². The van der Waals surface area contributed by atoms with E-state index in [9.17, 15) is 0 Å². The van der Waals surface area contributed by atoms with E-state index in [1.165, 1.54) is 0 Å². The second-order valence-electron chi connectivity index (χ2n) is 2.16. The molecule has 1 aromatic heterocycles. The maximum atomic E-state index is 4.09. The third kappa shape index (κ3) is 1.05. The van der Waals surface area contributed by atoms with Crippen molar-refractivity contribution in [3.05, 3.63) is 18.1 Å². The maximum absolute atomic E-state index is 4.09. The average molecular weight is 149 g/mol. The molecule has 1 aromatic rings. The van der Waals surface area contributed by atoms with E-state index in [4.69, 9.17) is 0 Å². The van der Waals surface area contributed by atoms with Crippen molar-refractivity contribution in [2.24, 2.45) is 5.10 Å². The molecule has 1 aliphatic rings. The summed E-state index contributed by atoms with van der Waals surface area (Å²) >= 11 is 0. The van der Waals surface area contributed by atoms with E-state index in [-0.39, 0.29) is 0 Å². The molecule has 5 nitrogen and oxygen atoms in total. The molecule has 1 radical (unpaired) electrons. The van der Waals surface area contributed by atoms with Crippen molar-refractivity contribution in [3.63, 3.8) is 0 Å². The second kappa shape index (κ2) is 2.28. The summed E-state index contributed by atoms with van der Waals surface area (Å²) in [5.74, 6) is 1.36. The van der Waals surface area contributed by atoms with Gasteiger partial charge in [0.25, 0.3) is 0 Å². The molecule has 0 spiro atoms. The largest absolute Gasteiger partial charge is 0.410 e. The first-order valence-electron chi connectivity index (χ1n) is 3.25. The fourth-order valence-corrected chi connectivity index (χ4v) is 0.831. The fraction of sp³-hybridized carbons (Fsp3) is 0.167. The van der Waals surface area contributed by atoms with Crippen molar-refractivity contribution in [1.29, 1.82) is 0 Å². The van der Waals surface area contributed by atoms with Gasteiger partial charge in [-0.05, 0) is 12.0 Å². The number of hydrogen-bond acceptors (Lipinski definition) is 4. The van der Waals surface area contributed by atoms with E-state index in [1.807, 2.05) is 13.0 Å². The molecule has 0 unspecified atom stereocenters. The Morgan fingerprint density at radius 2 is 2.45 bits per heavy atom. The summed E-state index contributed by atoms with van der Waals surface area (Å²) in [6, 6.07) is 0. The van der Waals surface area contributed by atoms with Crippen LogP contribution >= 0.6 is 0 Å². The van der Waals surface area contributed by atoms with Crippen LogP contribution in [0.25, 0.3) is 0 Å². The number of aromatic nitrogens is 3. The topological polar surface area (TPSA) is 59.8 Å². The Morgan fingerprint density at radius 1 is 1.55 bits per heavy atom. The van der Waals surface area contributed by atoms with E-state index in [1.54, 1.807) is 17.4 Å². The van der Waals surface area contributed by atoms with Crippen molar-refractivity contribution in [1.82, 2.24) is 20.2 Å². The Bertz CT molecular complexity index is 299. The molecule has 55 valence electrons. The molecule has 0 saturated heterocycles. The van der Waals surface area contributed by atoms with Crippen LogP contribution in [0.2, 0.25) is 0 Å². The van der Waals surface area contributed by atoms with Crippen LogP contribution in [0.5, 0.6) is 0 Å². The highest BCUT2D eigenvalue weighted by Crippen LogP contribution is 2.08. The lowest BCUT2D eigenvalue weighted by molar-refractivity contribution is 0.707. The molecule has 1 aliphatic heterocycles. The third-order valence-corrected chi connectivity index (χ3v) is 1.31. The number of rotatable bonds is 1. The minimum absolute atomic E-state index is 0.646. The van der Waals surface area contributed by atoms with Gasteiger partial charge in [-0.2, -0.15) is 10.1 Å². The first-order chi connectivity index (χ1) is 5.36. The van der Waals surface area contributed by atoms with Gasteiger partial charge in [0.1, 0.15) is 0 Å². The quantitative estimate of drug-likeness (QED) is 0.587. The predicted molar refractivity (Wildman–Crippen MR) is 40.5 cm³/mol. The standard InChI is InChI=1S/C6H7N5/c1-5-8-6(10-9-5)11-4-2-3-7-11/h2-4H,1H3,(H,8,9,10)/q+1. The Kier molecular flexibility index (Phi) is 1.29. The smallest absolute Gasteiger partial charge is 0.206 e.